The Labute approximate surface area is 207 Å². The molecule has 1 aliphatic carbocycles. The summed E-state index contributed by atoms with van der Waals surface area (Å²) in [5.74, 6) is -1.30. The van der Waals surface area contributed by atoms with Crippen molar-refractivity contribution in [1.29, 1.82) is 0 Å². The van der Waals surface area contributed by atoms with E-state index in [-0.39, 0.29) is 45.9 Å². The van der Waals surface area contributed by atoms with Crippen molar-refractivity contribution in [3.8, 4) is 5.75 Å². The molecule has 2 amide bonds. The van der Waals surface area contributed by atoms with Gasteiger partial charge in [0.2, 0.25) is 11.8 Å². The number of halogens is 2. The molecule has 0 bridgehead atoms. The number of esters is 1. The zero-order valence-corrected chi connectivity index (χ0v) is 19.6. The average Bonchev–Trinajstić information content (AvgIpc) is 3.10. The van der Waals surface area contributed by atoms with E-state index in [0.717, 1.165) is 6.42 Å². The van der Waals surface area contributed by atoms with Crippen molar-refractivity contribution in [1.82, 2.24) is 0 Å². The van der Waals surface area contributed by atoms with Gasteiger partial charge in [-0.1, -0.05) is 59.6 Å². The highest BCUT2D eigenvalue weighted by molar-refractivity contribution is 6.35. The minimum absolute atomic E-state index is 0.174. The van der Waals surface area contributed by atoms with Gasteiger partial charge in [-0.05, 0) is 67.1 Å². The van der Waals surface area contributed by atoms with E-state index in [1.807, 2.05) is 18.2 Å². The zero-order valence-electron chi connectivity index (χ0n) is 18.1. The van der Waals surface area contributed by atoms with Crippen molar-refractivity contribution >= 4 is 46.7 Å². The van der Waals surface area contributed by atoms with Crippen LogP contribution in [-0.2, 0) is 9.59 Å². The van der Waals surface area contributed by atoms with Crippen LogP contribution in [-0.4, -0.2) is 17.8 Å². The first-order chi connectivity index (χ1) is 16.4. The first-order valence-electron chi connectivity index (χ1n) is 11.1. The SMILES string of the molecule is O=C(Oc1ccc(Cl)cc1Cl)c1cccc(N2C(=O)[C@H]3C[C@@H](c4ccccc4)CC[C@H]3C2=O)c1. The number of fused-ring (bicyclic) bond motifs is 1. The molecule has 5 rings (SSSR count). The fourth-order valence-electron chi connectivity index (χ4n) is 4.95. The van der Waals surface area contributed by atoms with Crippen LogP contribution in [0.25, 0.3) is 0 Å². The number of imide groups is 1. The predicted octanol–water partition coefficient (Wildman–Crippen LogP) is 6.29. The van der Waals surface area contributed by atoms with Crippen molar-refractivity contribution in [2.45, 2.75) is 25.2 Å². The van der Waals surface area contributed by atoms with Crippen LogP contribution in [0.2, 0.25) is 10.0 Å². The molecule has 1 aliphatic heterocycles. The number of ether oxygens (including phenoxy) is 1. The summed E-state index contributed by atoms with van der Waals surface area (Å²) < 4.78 is 5.40. The van der Waals surface area contributed by atoms with Gasteiger partial charge in [-0.15, -0.1) is 0 Å². The van der Waals surface area contributed by atoms with E-state index in [9.17, 15) is 14.4 Å². The van der Waals surface area contributed by atoms with Crippen LogP contribution in [0.3, 0.4) is 0 Å². The van der Waals surface area contributed by atoms with Gasteiger partial charge >= 0.3 is 5.97 Å². The van der Waals surface area contributed by atoms with Crippen molar-refractivity contribution in [2.75, 3.05) is 4.90 Å². The Bertz CT molecular complexity index is 1280. The molecule has 3 atom stereocenters. The number of hydrogen-bond donors (Lipinski definition) is 0. The number of carbonyl (C=O) groups excluding carboxylic acids is 3. The van der Waals surface area contributed by atoms with Crippen LogP contribution in [0.4, 0.5) is 5.69 Å². The molecule has 1 heterocycles. The van der Waals surface area contributed by atoms with Crippen molar-refractivity contribution < 1.29 is 19.1 Å². The molecule has 0 N–H and O–H groups in total. The Morgan fingerprint density at radius 1 is 0.853 bits per heavy atom. The molecule has 2 aliphatic rings. The summed E-state index contributed by atoms with van der Waals surface area (Å²) >= 11 is 12.0. The number of amides is 2. The molecule has 0 aromatic heterocycles. The summed E-state index contributed by atoms with van der Waals surface area (Å²) in [7, 11) is 0. The van der Waals surface area contributed by atoms with Crippen molar-refractivity contribution in [3.05, 3.63) is 94.0 Å². The predicted molar refractivity (Wildman–Crippen MR) is 130 cm³/mol. The highest BCUT2D eigenvalue weighted by Gasteiger charge is 2.50. The van der Waals surface area contributed by atoms with Crippen molar-refractivity contribution in [2.24, 2.45) is 11.8 Å². The summed E-state index contributed by atoms with van der Waals surface area (Å²) in [5.41, 5.74) is 1.78. The molecule has 1 saturated carbocycles. The number of nitrogens with zero attached hydrogens (tertiary/aromatic N) is 1. The second-order valence-corrected chi connectivity index (χ2v) is 9.50. The number of benzene rings is 3. The molecular weight excluding hydrogens is 473 g/mol. The monoisotopic (exact) mass is 493 g/mol. The molecule has 5 nitrogen and oxygen atoms in total. The van der Waals surface area contributed by atoms with Crippen LogP contribution in [0.5, 0.6) is 5.75 Å². The summed E-state index contributed by atoms with van der Waals surface area (Å²) in [4.78, 5) is 40.5. The van der Waals surface area contributed by atoms with Crippen LogP contribution < -0.4 is 9.64 Å². The fraction of sp³-hybridized carbons (Fsp3) is 0.222. The average molecular weight is 494 g/mol. The number of hydrogen-bond acceptors (Lipinski definition) is 4. The van der Waals surface area contributed by atoms with Gasteiger partial charge in [-0.2, -0.15) is 0 Å². The fourth-order valence-corrected chi connectivity index (χ4v) is 5.40. The Morgan fingerprint density at radius 3 is 2.38 bits per heavy atom. The van der Waals surface area contributed by atoms with E-state index in [1.165, 1.54) is 28.7 Å². The lowest BCUT2D eigenvalue weighted by molar-refractivity contribution is -0.122. The van der Waals surface area contributed by atoms with E-state index in [0.29, 0.717) is 23.6 Å². The molecule has 1 saturated heterocycles. The number of carbonyl (C=O) groups is 3. The van der Waals surface area contributed by atoms with E-state index < -0.39 is 5.97 Å². The summed E-state index contributed by atoms with van der Waals surface area (Å²) in [6.45, 7) is 0. The zero-order chi connectivity index (χ0) is 23.8. The van der Waals surface area contributed by atoms with Gasteiger partial charge in [0.15, 0.2) is 0 Å². The lowest BCUT2D eigenvalue weighted by Gasteiger charge is -2.28. The Hall–Kier alpha value is -3.15. The lowest BCUT2D eigenvalue weighted by atomic mass is 9.73. The first-order valence-corrected chi connectivity index (χ1v) is 11.9. The minimum Gasteiger partial charge on any atom is -0.421 e. The summed E-state index contributed by atoms with van der Waals surface area (Å²) in [5, 5.41) is 0.632. The molecule has 3 aromatic rings. The maximum Gasteiger partial charge on any atom is 0.343 e. The van der Waals surface area contributed by atoms with Crippen LogP contribution in [0, 0.1) is 11.8 Å². The standard InChI is InChI=1S/C27H21Cl2NO4/c28-19-10-12-24(23(29)15-19)34-27(33)18-7-4-8-20(13-18)30-25(31)21-11-9-17(14-22(21)26(30)32)16-5-2-1-3-6-16/h1-8,10,12-13,15,17,21-22H,9,11,14H2/t17-,21+,22-/m0/s1. The highest BCUT2D eigenvalue weighted by atomic mass is 35.5. The molecule has 0 spiro atoms. The van der Waals surface area contributed by atoms with Gasteiger partial charge in [0.25, 0.3) is 0 Å². The van der Waals surface area contributed by atoms with Gasteiger partial charge in [0, 0.05) is 5.02 Å². The quantitative estimate of drug-likeness (QED) is 0.243. The normalized spacial score (nSPS) is 21.9. The summed E-state index contributed by atoms with van der Waals surface area (Å²) in [6.07, 6.45) is 2.18. The molecule has 0 unspecified atom stereocenters. The second kappa shape index (κ2) is 9.24. The topological polar surface area (TPSA) is 63.7 Å². The first kappa shape index (κ1) is 22.6. The van der Waals surface area contributed by atoms with E-state index in [4.69, 9.17) is 27.9 Å². The smallest absolute Gasteiger partial charge is 0.343 e. The molecule has 172 valence electrons. The van der Waals surface area contributed by atoms with E-state index in [2.05, 4.69) is 12.1 Å². The van der Waals surface area contributed by atoms with Gasteiger partial charge in [0.05, 0.1) is 28.1 Å². The van der Waals surface area contributed by atoms with E-state index >= 15 is 0 Å². The molecular formula is C27H21Cl2NO4. The minimum atomic E-state index is -0.647. The second-order valence-electron chi connectivity index (χ2n) is 8.66. The third-order valence-corrected chi connectivity index (χ3v) is 7.16. The van der Waals surface area contributed by atoms with Gasteiger partial charge < -0.3 is 4.74 Å². The third-order valence-electron chi connectivity index (χ3n) is 6.63. The lowest BCUT2D eigenvalue weighted by Crippen LogP contribution is -2.31. The molecule has 34 heavy (non-hydrogen) atoms. The maximum absolute atomic E-state index is 13.3. The molecule has 3 aromatic carbocycles. The Kier molecular flexibility index (Phi) is 6.15. The van der Waals surface area contributed by atoms with Crippen molar-refractivity contribution in [3.63, 3.8) is 0 Å². The largest absolute Gasteiger partial charge is 0.421 e. The maximum atomic E-state index is 13.3. The Morgan fingerprint density at radius 2 is 1.62 bits per heavy atom. The van der Waals surface area contributed by atoms with Gasteiger partial charge in [0.1, 0.15) is 5.75 Å². The highest BCUT2D eigenvalue weighted by Crippen LogP contribution is 2.45. The van der Waals surface area contributed by atoms with Gasteiger partial charge in [-0.3, -0.25) is 14.5 Å². The van der Waals surface area contributed by atoms with Crippen LogP contribution >= 0.6 is 23.2 Å². The van der Waals surface area contributed by atoms with Gasteiger partial charge in [-0.25, -0.2) is 4.79 Å². The molecule has 7 heteroatoms. The summed E-state index contributed by atoms with van der Waals surface area (Å²) in [6, 6.07) is 21.0. The van der Waals surface area contributed by atoms with E-state index in [1.54, 1.807) is 24.3 Å². The molecule has 2 fully saturated rings. The number of anilines is 1. The third kappa shape index (κ3) is 4.22. The number of rotatable bonds is 4. The molecule has 0 radical (unpaired) electrons. The van der Waals surface area contributed by atoms with Crippen LogP contribution in [0.15, 0.2) is 72.8 Å². The Balaban J connectivity index is 1.36. The van der Waals surface area contributed by atoms with Crippen LogP contribution in [0.1, 0.15) is 41.1 Å².